The van der Waals surface area contributed by atoms with Crippen molar-refractivity contribution in [2.75, 3.05) is 18.5 Å². The molecule has 2 aromatic rings. The summed E-state index contributed by atoms with van der Waals surface area (Å²) in [6.45, 7) is -0.115. The lowest BCUT2D eigenvalue weighted by Crippen LogP contribution is -2.26. The van der Waals surface area contributed by atoms with Gasteiger partial charge in [0.05, 0.1) is 0 Å². The van der Waals surface area contributed by atoms with Gasteiger partial charge in [-0.1, -0.05) is 0 Å². The molecule has 0 aliphatic heterocycles. The molecule has 88 valence electrons. The first-order valence-electron chi connectivity index (χ1n) is 4.93. The van der Waals surface area contributed by atoms with Crippen molar-refractivity contribution in [1.82, 2.24) is 20.0 Å². The summed E-state index contributed by atoms with van der Waals surface area (Å²) < 4.78 is 1.58. The highest BCUT2D eigenvalue weighted by Gasteiger charge is 2.07. The molecule has 0 unspecified atom stereocenters. The first kappa shape index (κ1) is 11.1. The van der Waals surface area contributed by atoms with E-state index in [1.165, 1.54) is 4.90 Å². The van der Waals surface area contributed by atoms with Gasteiger partial charge in [0, 0.05) is 19.4 Å². The highest BCUT2D eigenvalue weighted by Crippen LogP contribution is 2.08. The van der Waals surface area contributed by atoms with Crippen LogP contribution in [0.5, 0.6) is 0 Å². The minimum atomic E-state index is -0.912. The molecule has 0 aliphatic carbocycles. The van der Waals surface area contributed by atoms with Gasteiger partial charge in [0.1, 0.15) is 6.54 Å². The Labute approximate surface area is 97.3 Å². The van der Waals surface area contributed by atoms with Crippen LogP contribution in [0.2, 0.25) is 0 Å². The van der Waals surface area contributed by atoms with Crippen LogP contribution in [0, 0.1) is 0 Å². The average molecular weight is 233 g/mol. The topological polar surface area (TPSA) is 84.1 Å². The highest BCUT2D eigenvalue weighted by molar-refractivity contribution is 5.72. The molecule has 0 aromatic carbocycles. The van der Waals surface area contributed by atoms with E-state index in [0.29, 0.717) is 11.6 Å². The van der Waals surface area contributed by atoms with Crippen molar-refractivity contribution < 1.29 is 9.90 Å². The van der Waals surface area contributed by atoms with E-state index in [1.54, 1.807) is 42.3 Å². The molecule has 0 atom stereocenters. The number of hydrogen-bond acceptors (Lipinski definition) is 5. The zero-order valence-electron chi connectivity index (χ0n) is 9.19. The molecule has 2 heterocycles. The summed E-state index contributed by atoms with van der Waals surface area (Å²) in [7, 11) is 1.64. The second-order valence-electron chi connectivity index (χ2n) is 3.45. The Morgan fingerprint density at radius 1 is 1.47 bits per heavy atom. The van der Waals surface area contributed by atoms with E-state index >= 15 is 0 Å². The number of nitrogens with zero attached hydrogens (tertiary/aromatic N) is 5. The smallest absolute Gasteiger partial charge is 0.323 e. The predicted octanol–water partition coefficient (Wildman–Crippen LogP) is 0.183. The van der Waals surface area contributed by atoms with Gasteiger partial charge in [-0.05, 0) is 18.2 Å². The molecule has 0 spiro atoms. The molecule has 0 fully saturated rings. The van der Waals surface area contributed by atoms with Crippen molar-refractivity contribution in [3.05, 3.63) is 30.6 Å². The molecular weight excluding hydrogens is 222 g/mol. The quantitative estimate of drug-likeness (QED) is 0.811. The highest BCUT2D eigenvalue weighted by atomic mass is 16.4. The van der Waals surface area contributed by atoms with Gasteiger partial charge in [0.15, 0.2) is 11.6 Å². The van der Waals surface area contributed by atoms with Gasteiger partial charge in [0.2, 0.25) is 0 Å². The lowest BCUT2D eigenvalue weighted by Gasteiger charge is -2.14. The fourth-order valence-corrected chi connectivity index (χ4v) is 1.33. The number of aromatic nitrogens is 4. The lowest BCUT2D eigenvalue weighted by atomic mass is 10.4. The Kier molecular flexibility index (Phi) is 2.99. The Bertz CT molecular complexity index is 494. The molecular formula is C10H11N5O2. The van der Waals surface area contributed by atoms with Gasteiger partial charge in [0.25, 0.3) is 0 Å². The summed E-state index contributed by atoms with van der Waals surface area (Å²) in [5, 5.41) is 20.6. The third kappa shape index (κ3) is 2.57. The monoisotopic (exact) mass is 233 g/mol. The lowest BCUT2D eigenvalue weighted by molar-refractivity contribution is -0.135. The van der Waals surface area contributed by atoms with Crippen LogP contribution in [0.4, 0.5) is 5.82 Å². The van der Waals surface area contributed by atoms with Crippen molar-refractivity contribution >= 4 is 11.8 Å². The molecule has 2 rings (SSSR count). The number of hydrogen-bond donors (Lipinski definition) is 1. The molecule has 2 aromatic heterocycles. The minimum Gasteiger partial charge on any atom is -0.480 e. The molecule has 0 saturated carbocycles. The number of rotatable bonds is 4. The molecule has 0 saturated heterocycles. The summed E-state index contributed by atoms with van der Waals surface area (Å²) in [5.41, 5.74) is 0. The standard InChI is InChI=1S/C10H11N5O2/c1-14(7-10(16)17)8-3-4-9(13-12-8)15-6-2-5-11-15/h2-6H,7H2,1H3,(H,16,17). The van der Waals surface area contributed by atoms with Crippen LogP contribution in [0.1, 0.15) is 0 Å². The van der Waals surface area contributed by atoms with Crippen molar-refractivity contribution in [1.29, 1.82) is 0 Å². The fourth-order valence-electron chi connectivity index (χ4n) is 1.33. The van der Waals surface area contributed by atoms with Crippen molar-refractivity contribution in [2.45, 2.75) is 0 Å². The third-order valence-corrected chi connectivity index (χ3v) is 2.14. The van der Waals surface area contributed by atoms with Crippen LogP contribution in [-0.4, -0.2) is 44.6 Å². The molecule has 7 nitrogen and oxygen atoms in total. The first-order valence-corrected chi connectivity index (χ1v) is 4.93. The fraction of sp³-hybridized carbons (Fsp3) is 0.200. The summed E-state index contributed by atoms with van der Waals surface area (Å²) >= 11 is 0. The van der Waals surface area contributed by atoms with Crippen LogP contribution in [0.15, 0.2) is 30.6 Å². The SMILES string of the molecule is CN(CC(=O)O)c1ccc(-n2cccn2)nn1. The second kappa shape index (κ2) is 4.60. The summed E-state index contributed by atoms with van der Waals surface area (Å²) in [6, 6.07) is 5.22. The van der Waals surface area contributed by atoms with E-state index < -0.39 is 5.97 Å². The Balaban J connectivity index is 2.15. The molecule has 0 bridgehead atoms. The number of likely N-dealkylation sites (N-methyl/N-ethyl adjacent to an activating group) is 1. The summed E-state index contributed by atoms with van der Waals surface area (Å²) in [6.07, 6.45) is 3.40. The van der Waals surface area contributed by atoms with E-state index in [4.69, 9.17) is 5.11 Å². The third-order valence-electron chi connectivity index (χ3n) is 2.14. The first-order chi connectivity index (χ1) is 8.16. The van der Waals surface area contributed by atoms with Crippen LogP contribution in [0.25, 0.3) is 5.82 Å². The van der Waals surface area contributed by atoms with Gasteiger partial charge in [-0.2, -0.15) is 5.10 Å². The van der Waals surface area contributed by atoms with E-state index in [9.17, 15) is 4.79 Å². The zero-order valence-corrected chi connectivity index (χ0v) is 9.19. The van der Waals surface area contributed by atoms with Crippen molar-refractivity contribution in [3.8, 4) is 5.82 Å². The van der Waals surface area contributed by atoms with Gasteiger partial charge >= 0.3 is 5.97 Å². The molecule has 0 radical (unpaired) electrons. The molecule has 0 aliphatic rings. The number of aliphatic carboxylic acids is 1. The molecule has 0 amide bonds. The van der Waals surface area contributed by atoms with E-state index in [-0.39, 0.29) is 6.54 Å². The van der Waals surface area contributed by atoms with Crippen LogP contribution in [-0.2, 0) is 4.79 Å². The van der Waals surface area contributed by atoms with Crippen molar-refractivity contribution in [2.24, 2.45) is 0 Å². The Morgan fingerprint density at radius 3 is 2.82 bits per heavy atom. The number of carbonyl (C=O) groups is 1. The van der Waals surface area contributed by atoms with Gasteiger partial charge in [-0.3, -0.25) is 4.79 Å². The second-order valence-corrected chi connectivity index (χ2v) is 3.45. The summed E-state index contributed by atoms with van der Waals surface area (Å²) in [5.74, 6) is 0.177. The molecule has 7 heteroatoms. The maximum atomic E-state index is 10.5. The minimum absolute atomic E-state index is 0.115. The Hall–Kier alpha value is -2.44. The maximum absolute atomic E-state index is 10.5. The number of carboxylic acids is 1. The van der Waals surface area contributed by atoms with Gasteiger partial charge in [-0.25, -0.2) is 4.68 Å². The largest absolute Gasteiger partial charge is 0.480 e. The predicted molar refractivity (Wildman–Crippen MR) is 60.1 cm³/mol. The van der Waals surface area contributed by atoms with E-state index in [1.807, 2.05) is 0 Å². The van der Waals surface area contributed by atoms with Crippen LogP contribution >= 0.6 is 0 Å². The van der Waals surface area contributed by atoms with Gasteiger partial charge in [-0.15, -0.1) is 10.2 Å². The van der Waals surface area contributed by atoms with Crippen LogP contribution in [0.3, 0.4) is 0 Å². The van der Waals surface area contributed by atoms with Crippen LogP contribution < -0.4 is 4.90 Å². The average Bonchev–Trinajstić information content (AvgIpc) is 2.82. The van der Waals surface area contributed by atoms with E-state index in [0.717, 1.165) is 0 Å². The van der Waals surface area contributed by atoms with Crippen molar-refractivity contribution in [3.63, 3.8) is 0 Å². The number of carboxylic acid groups (broad SMARTS) is 1. The molecule has 17 heavy (non-hydrogen) atoms. The van der Waals surface area contributed by atoms with Gasteiger partial charge < -0.3 is 10.0 Å². The maximum Gasteiger partial charge on any atom is 0.323 e. The summed E-state index contributed by atoms with van der Waals surface area (Å²) in [4.78, 5) is 12.0. The Morgan fingerprint density at radius 2 is 2.29 bits per heavy atom. The van der Waals surface area contributed by atoms with E-state index in [2.05, 4.69) is 15.3 Å². The molecule has 1 N–H and O–H groups in total. The zero-order chi connectivity index (χ0) is 12.3. The number of anilines is 1. The normalized spacial score (nSPS) is 10.2.